The molecule has 1 saturated heterocycles. The van der Waals surface area contributed by atoms with Crippen LogP contribution < -0.4 is 19.5 Å². The lowest BCUT2D eigenvalue weighted by Crippen LogP contribution is -2.60. The molecule has 61 heavy (non-hydrogen) atoms. The third-order valence-corrected chi connectivity index (χ3v) is 12.6. The van der Waals surface area contributed by atoms with Gasteiger partial charge in [0.2, 0.25) is 17.6 Å². The van der Waals surface area contributed by atoms with Crippen molar-refractivity contribution in [2.45, 2.75) is 29.4 Å². The van der Waals surface area contributed by atoms with Gasteiger partial charge in [0, 0.05) is 37.5 Å². The van der Waals surface area contributed by atoms with Gasteiger partial charge in [-0.05, 0) is 52.6 Å². The van der Waals surface area contributed by atoms with E-state index in [1.165, 1.54) is 38.4 Å². The predicted molar refractivity (Wildman–Crippen MR) is 227 cm³/mol. The largest absolute Gasteiger partial charge is 0.493 e. The lowest BCUT2D eigenvalue weighted by Gasteiger charge is -2.41. The summed E-state index contributed by atoms with van der Waals surface area (Å²) in [5.41, 5.74) is 2.12. The van der Waals surface area contributed by atoms with Gasteiger partial charge >= 0.3 is 0 Å². The van der Waals surface area contributed by atoms with Crippen LogP contribution in [0.1, 0.15) is 28.7 Å². The zero-order chi connectivity index (χ0) is 43.1. The Bertz CT molecular complexity index is 2530. The average molecular weight is 842 g/mol. The minimum atomic E-state index is -4.70. The molecule has 6 aromatic rings. The van der Waals surface area contributed by atoms with Crippen molar-refractivity contribution in [3.8, 4) is 28.5 Å². The molecule has 0 unspecified atom stereocenters. The fourth-order valence-corrected chi connectivity index (χ4v) is 9.53. The molecule has 14 nitrogen and oxygen atoms in total. The van der Waals surface area contributed by atoms with Crippen molar-refractivity contribution in [3.05, 3.63) is 178 Å². The van der Waals surface area contributed by atoms with Crippen LogP contribution in [0.25, 0.3) is 11.3 Å². The van der Waals surface area contributed by atoms with Crippen molar-refractivity contribution in [1.29, 1.82) is 0 Å². The number of amides is 2. The quantitative estimate of drug-likeness (QED) is 0.0677. The number of hydrogen-bond donors (Lipinski definition) is 1. The molecule has 1 aliphatic rings. The van der Waals surface area contributed by atoms with Crippen molar-refractivity contribution in [1.82, 2.24) is 19.5 Å². The van der Waals surface area contributed by atoms with Gasteiger partial charge in [-0.15, -0.1) is 0 Å². The molecule has 312 valence electrons. The number of nitro benzene ring substituents is 1. The molecule has 2 amide bonds. The van der Waals surface area contributed by atoms with Crippen LogP contribution in [0.2, 0.25) is 0 Å². The van der Waals surface area contributed by atoms with Crippen LogP contribution in [-0.4, -0.2) is 79.8 Å². The summed E-state index contributed by atoms with van der Waals surface area (Å²) in [6.07, 6.45) is 0.991. The summed E-state index contributed by atoms with van der Waals surface area (Å²) in [4.78, 5) is 46.3. The molecular weight excluding hydrogens is 799 g/mol. The lowest BCUT2D eigenvalue weighted by molar-refractivity contribution is -0.387. The third-order valence-electron chi connectivity index (χ3n) is 10.7. The van der Waals surface area contributed by atoms with Crippen molar-refractivity contribution < 1.29 is 37.1 Å². The predicted octanol–water partition coefficient (Wildman–Crippen LogP) is 6.58. The smallest absolute Gasteiger partial charge is 0.289 e. The Morgan fingerprint density at radius 1 is 0.787 bits per heavy atom. The van der Waals surface area contributed by atoms with E-state index < -0.39 is 55.3 Å². The zero-order valence-corrected chi connectivity index (χ0v) is 34.5. The van der Waals surface area contributed by atoms with Crippen LogP contribution >= 0.6 is 0 Å². The van der Waals surface area contributed by atoms with Crippen LogP contribution in [0.4, 0.5) is 5.69 Å². The fraction of sp³-hybridized carbons (Fsp3) is 0.196. The maximum absolute atomic E-state index is 14.8. The van der Waals surface area contributed by atoms with E-state index in [0.717, 1.165) is 33.1 Å². The molecule has 1 fully saturated rings. The highest BCUT2D eigenvalue weighted by molar-refractivity contribution is 7.89. The van der Waals surface area contributed by atoms with Crippen LogP contribution in [0, 0.1) is 10.1 Å². The Morgan fingerprint density at radius 2 is 1.33 bits per heavy atom. The number of pyridine rings is 1. The van der Waals surface area contributed by atoms with E-state index >= 15 is 0 Å². The van der Waals surface area contributed by atoms with E-state index in [-0.39, 0.29) is 19.6 Å². The first-order valence-electron chi connectivity index (χ1n) is 19.3. The van der Waals surface area contributed by atoms with Crippen LogP contribution in [0.3, 0.4) is 0 Å². The summed E-state index contributed by atoms with van der Waals surface area (Å²) in [5.74, 6) is -0.0281. The molecule has 7 rings (SSSR count). The number of benzene rings is 5. The number of carbonyl (C=O) groups is 2. The fourth-order valence-electron chi connectivity index (χ4n) is 7.80. The molecule has 0 saturated carbocycles. The second-order valence-corrected chi connectivity index (χ2v) is 16.0. The second-order valence-electron chi connectivity index (χ2n) is 14.2. The number of nitrogens with one attached hydrogen (secondary N) is 1. The summed E-state index contributed by atoms with van der Waals surface area (Å²) in [6, 6.07) is 38.5. The van der Waals surface area contributed by atoms with Gasteiger partial charge in [0.05, 0.1) is 38.4 Å². The molecule has 15 heteroatoms. The summed E-state index contributed by atoms with van der Waals surface area (Å²) < 4.78 is 46.5. The Morgan fingerprint density at radius 3 is 1.85 bits per heavy atom. The first-order chi connectivity index (χ1) is 29.5. The third kappa shape index (κ3) is 8.38. The molecule has 0 spiro atoms. The van der Waals surface area contributed by atoms with E-state index in [2.05, 4.69) is 10.3 Å². The number of carbonyl (C=O) groups excluding carboxylic acids is 2. The maximum atomic E-state index is 14.8. The monoisotopic (exact) mass is 841 g/mol. The second kappa shape index (κ2) is 18.0. The van der Waals surface area contributed by atoms with E-state index in [0.29, 0.717) is 34.1 Å². The number of para-hydroxylation sites is 1. The Balaban J connectivity index is 1.27. The number of nitro groups is 1. The van der Waals surface area contributed by atoms with Crippen molar-refractivity contribution in [2.75, 3.05) is 34.4 Å². The standard InChI is InChI=1S/C46H43N5O9S/c1-58-40-28-33(29-41(59-2)44(40)60-3)37-27-32(23-24-47-37)31-49-25-26-50(61(56,57)42-22-14-13-21-38(42)51(54)55)39(45(49)53)30-43(52)48-46(34-15-7-4-8-16-34,35-17-9-5-10-18-35)36-19-11-6-12-20-36/h4-24,27-29,39H,25-26,30-31H2,1-3H3,(H,48,52)/t39-/m0/s1. The van der Waals surface area contributed by atoms with Gasteiger partial charge in [-0.2, -0.15) is 4.31 Å². The molecule has 2 heterocycles. The van der Waals surface area contributed by atoms with E-state index in [4.69, 9.17) is 14.2 Å². The number of hydrogen-bond acceptors (Lipinski definition) is 10. The number of methoxy groups -OCH3 is 3. The Hall–Kier alpha value is -7.10. The maximum Gasteiger partial charge on any atom is 0.289 e. The molecule has 1 aromatic heterocycles. The van der Waals surface area contributed by atoms with Crippen molar-refractivity contribution in [3.63, 3.8) is 0 Å². The lowest BCUT2D eigenvalue weighted by atomic mass is 9.77. The summed E-state index contributed by atoms with van der Waals surface area (Å²) in [6.45, 7) is -0.275. The molecule has 0 aliphatic carbocycles. The number of ether oxygens (including phenoxy) is 3. The van der Waals surface area contributed by atoms with Gasteiger partial charge in [0.25, 0.3) is 15.7 Å². The number of nitrogens with zero attached hydrogens (tertiary/aromatic N) is 4. The Labute approximate surface area is 353 Å². The first kappa shape index (κ1) is 42.0. The highest BCUT2D eigenvalue weighted by atomic mass is 32.2. The molecule has 1 N–H and O–H groups in total. The first-order valence-corrected chi connectivity index (χ1v) is 20.7. The minimum absolute atomic E-state index is 0.0399. The summed E-state index contributed by atoms with van der Waals surface area (Å²) in [7, 11) is -0.182. The van der Waals surface area contributed by atoms with Crippen molar-refractivity contribution >= 4 is 27.5 Å². The highest BCUT2D eigenvalue weighted by Gasteiger charge is 2.46. The van der Waals surface area contributed by atoms with Crippen LogP contribution in [0.15, 0.2) is 151 Å². The van der Waals surface area contributed by atoms with E-state index in [1.54, 1.807) is 30.5 Å². The highest BCUT2D eigenvalue weighted by Crippen LogP contribution is 2.41. The van der Waals surface area contributed by atoms with Gasteiger partial charge in [0.15, 0.2) is 16.4 Å². The average Bonchev–Trinajstić information content (AvgIpc) is 3.29. The number of piperazine rings is 1. The topological polar surface area (TPSA) is 171 Å². The zero-order valence-electron chi connectivity index (χ0n) is 33.6. The molecule has 0 bridgehead atoms. The normalized spacial score (nSPS) is 14.6. The van der Waals surface area contributed by atoms with Crippen LogP contribution in [0.5, 0.6) is 17.2 Å². The molecular formula is C46H43N5O9S. The van der Waals surface area contributed by atoms with Gasteiger partial charge in [-0.3, -0.25) is 24.7 Å². The van der Waals surface area contributed by atoms with E-state index in [9.17, 15) is 28.1 Å². The van der Waals surface area contributed by atoms with E-state index in [1.807, 2.05) is 91.0 Å². The number of rotatable bonds is 15. The molecule has 1 aliphatic heterocycles. The molecule has 1 atom stereocenters. The SMILES string of the molecule is COc1cc(-c2cc(CN3CCN(S(=O)(=O)c4ccccc4[N+](=O)[O-])[C@@H](CC(=O)NC(c4ccccc4)(c4ccccc4)c4ccccc4)C3=O)ccn2)cc(OC)c1OC. The van der Waals surface area contributed by atoms with Crippen molar-refractivity contribution in [2.24, 2.45) is 0 Å². The number of aromatic nitrogens is 1. The minimum Gasteiger partial charge on any atom is -0.493 e. The Kier molecular flexibility index (Phi) is 12.4. The van der Waals surface area contributed by atoms with Crippen LogP contribution in [-0.2, 0) is 31.7 Å². The number of sulfonamides is 1. The van der Waals surface area contributed by atoms with Gasteiger partial charge < -0.3 is 24.4 Å². The van der Waals surface area contributed by atoms with Gasteiger partial charge in [0.1, 0.15) is 11.6 Å². The summed E-state index contributed by atoms with van der Waals surface area (Å²) in [5, 5.41) is 15.3. The van der Waals surface area contributed by atoms with Gasteiger partial charge in [-0.1, -0.05) is 103 Å². The summed E-state index contributed by atoms with van der Waals surface area (Å²) >= 11 is 0. The molecule has 5 aromatic carbocycles. The molecule has 0 radical (unpaired) electrons. The van der Waals surface area contributed by atoms with Gasteiger partial charge in [-0.25, -0.2) is 8.42 Å².